The fourth-order valence-corrected chi connectivity index (χ4v) is 2.41. The molecule has 2 heteroatoms. The van der Waals surface area contributed by atoms with E-state index in [0.717, 1.165) is 21.9 Å². The van der Waals surface area contributed by atoms with Crippen LogP contribution in [0.5, 0.6) is 0 Å². The quantitative estimate of drug-likeness (QED) is 0.760. The van der Waals surface area contributed by atoms with Crippen molar-refractivity contribution >= 4 is 28.4 Å². The Hall–Kier alpha value is -2.22. The Labute approximate surface area is 105 Å². The molecule has 0 spiro atoms. The molecule has 1 aliphatic rings. The van der Waals surface area contributed by atoms with Crippen molar-refractivity contribution in [2.45, 2.75) is 13.3 Å². The van der Waals surface area contributed by atoms with Crippen LogP contribution in [0.4, 0.5) is 0 Å². The first kappa shape index (κ1) is 10.9. The molecule has 0 atom stereocenters. The van der Waals surface area contributed by atoms with Gasteiger partial charge in [0.05, 0.1) is 0 Å². The van der Waals surface area contributed by atoms with E-state index in [4.69, 9.17) is 0 Å². The Bertz CT molecular complexity index is 708. The fourth-order valence-electron chi connectivity index (χ4n) is 2.41. The second-order valence-corrected chi connectivity index (χ2v) is 4.57. The number of hydrogen-bond acceptors (Lipinski definition) is 2. The standard InChI is InChI=1S/C16H12O2/c1-10(17)12-8-15-13-5-3-2-4-11(13)6-7-14(15)16(18)9-12/h2-8H,9H2,1H3. The highest BCUT2D eigenvalue weighted by Crippen LogP contribution is 2.30. The minimum Gasteiger partial charge on any atom is -0.295 e. The fraction of sp³-hybridized carbons (Fsp3) is 0.125. The predicted molar refractivity (Wildman–Crippen MR) is 71.6 cm³/mol. The summed E-state index contributed by atoms with van der Waals surface area (Å²) in [5, 5.41) is 2.12. The Morgan fingerprint density at radius 3 is 2.67 bits per heavy atom. The lowest BCUT2D eigenvalue weighted by Gasteiger charge is -2.15. The first-order valence-electron chi connectivity index (χ1n) is 5.93. The average molecular weight is 236 g/mol. The summed E-state index contributed by atoms with van der Waals surface area (Å²) in [5.74, 6) is 0.00499. The third kappa shape index (κ3) is 1.58. The molecule has 1 aliphatic carbocycles. The number of rotatable bonds is 1. The zero-order valence-corrected chi connectivity index (χ0v) is 10.1. The molecule has 3 rings (SSSR count). The normalized spacial score (nSPS) is 14.3. The van der Waals surface area contributed by atoms with Gasteiger partial charge < -0.3 is 0 Å². The highest BCUT2D eigenvalue weighted by molar-refractivity contribution is 6.15. The van der Waals surface area contributed by atoms with Crippen LogP contribution in [0, 0.1) is 0 Å². The van der Waals surface area contributed by atoms with E-state index in [1.807, 2.05) is 42.5 Å². The van der Waals surface area contributed by atoms with E-state index in [9.17, 15) is 9.59 Å². The van der Waals surface area contributed by atoms with Gasteiger partial charge in [0.25, 0.3) is 0 Å². The minimum absolute atomic E-state index is 0.0260. The van der Waals surface area contributed by atoms with Crippen molar-refractivity contribution in [3.05, 3.63) is 53.1 Å². The van der Waals surface area contributed by atoms with Gasteiger partial charge in [-0.3, -0.25) is 9.59 Å². The summed E-state index contributed by atoms with van der Waals surface area (Å²) in [6.45, 7) is 1.51. The van der Waals surface area contributed by atoms with Crippen LogP contribution >= 0.6 is 0 Å². The van der Waals surface area contributed by atoms with Crippen molar-refractivity contribution in [1.82, 2.24) is 0 Å². The van der Waals surface area contributed by atoms with Crippen molar-refractivity contribution in [3.8, 4) is 0 Å². The van der Waals surface area contributed by atoms with Crippen LogP contribution in [0.15, 0.2) is 42.0 Å². The number of carbonyl (C=O) groups excluding carboxylic acids is 2. The summed E-state index contributed by atoms with van der Waals surface area (Å²) < 4.78 is 0. The first-order chi connectivity index (χ1) is 8.66. The largest absolute Gasteiger partial charge is 0.295 e. The molecular weight excluding hydrogens is 224 g/mol. The van der Waals surface area contributed by atoms with E-state index in [1.54, 1.807) is 0 Å². The van der Waals surface area contributed by atoms with Crippen LogP contribution < -0.4 is 0 Å². The molecule has 0 N–H and O–H groups in total. The summed E-state index contributed by atoms with van der Waals surface area (Å²) in [6.07, 6.45) is 2.09. The summed E-state index contributed by atoms with van der Waals surface area (Å²) in [6, 6.07) is 11.7. The minimum atomic E-state index is -0.0260. The van der Waals surface area contributed by atoms with Crippen LogP contribution in [0.3, 0.4) is 0 Å². The van der Waals surface area contributed by atoms with Crippen molar-refractivity contribution in [3.63, 3.8) is 0 Å². The summed E-state index contributed by atoms with van der Waals surface area (Å²) in [5.41, 5.74) is 2.21. The molecule has 0 aliphatic heterocycles. The molecule has 0 saturated heterocycles. The van der Waals surface area contributed by atoms with Crippen LogP contribution in [0.1, 0.15) is 29.3 Å². The van der Waals surface area contributed by atoms with E-state index >= 15 is 0 Å². The van der Waals surface area contributed by atoms with Gasteiger partial charge in [0.2, 0.25) is 0 Å². The lowest BCUT2D eigenvalue weighted by molar-refractivity contribution is -0.113. The molecule has 0 heterocycles. The molecule has 0 saturated carbocycles. The van der Waals surface area contributed by atoms with Crippen molar-refractivity contribution in [1.29, 1.82) is 0 Å². The second kappa shape index (κ2) is 3.91. The maximum absolute atomic E-state index is 12.1. The molecule has 2 aromatic rings. The van der Waals surface area contributed by atoms with E-state index in [-0.39, 0.29) is 18.0 Å². The molecule has 0 fully saturated rings. The Morgan fingerprint density at radius 2 is 1.89 bits per heavy atom. The number of ketones is 2. The van der Waals surface area contributed by atoms with Gasteiger partial charge in [-0.05, 0) is 29.3 Å². The highest BCUT2D eigenvalue weighted by Gasteiger charge is 2.21. The summed E-state index contributed by atoms with van der Waals surface area (Å²) >= 11 is 0. The maximum Gasteiger partial charge on any atom is 0.167 e. The lowest BCUT2D eigenvalue weighted by atomic mass is 9.86. The predicted octanol–water partition coefficient (Wildman–Crippen LogP) is 3.40. The molecule has 0 bridgehead atoms. The van der Waals surface area contributed by atoms with Gasteiger partial charge in [-0.1, -0.05) is 36.4 Å². The van der Waals surface area contributed by atoms with Gasteiger partial charge in [0.15, 0.2) is 11.6 Å². The van der Waals surface area contributed by atoms with E-state index in [2.05, 4.69) is 0 Å². The Kier molecular flexibility index (Phi) is 2.37. The van der Waals surface area contributed by atoms with Gasteiger partial charge in [-0.15, -0.1) is 0 Å². The summed E-state index contributed by atoms with van der Waals surface area (Å²) in [7, 11) is 0. The number of carbonyl (C=O) groups is 2. The molecule has 0 unspecified atom stereocenters. The smallest absolute Gasteiger partial charge is 0.167 e. The third-order valence-electron chi connectivity index (χ3n) is 3.39. The zero-order chi connectivity index (χ0) is 12.7. The maximum atomic E-state index is 12.1. The lowest BCUT2D eigenvalue weighted by Crippen LogP contribution is -2.12. The Morgan fingerprint density at radius 1 is 1.11 bits per heavy atom. The van der Waals surface area contributed by atoms with Crippen LogP contribution in [-0.2, 0) is 4.79 Å². The molecule has 88 valence electrons. The second-order valence-electron chi connectivity index (χ2n) is 4.57. The van der Waals surface area contributed by atoms with Gasteiger partial charge in [0.1, 0.15) is 0 Å². The molecule has 0 radical (unpaired) electrons. The molecule has 0 amide bonds. The van der Waals surface area contributed by atoms with Crippen molar-refractivity contribution < 1.29 is 9.59 Å². The van der Waals surface area contributed by atoms with Crippen molar-refractivity contribution in [2.75, 3.05) is 0 Å². The molecule has 2 nitrogen and oxygen atoms in total. The van der Waals surface area contributed by atoms with Gasteiger partial charge >= 0.3 is 0 Å². The molecular formula is C16H12O2. The monoisotopic (exact) mass is 236 g/mol. The number of fused-ring (bicyclic) bond motifs is 3. The molecule has 0 aromatic heterocycles. The number of hydrogen-bond donors (Lipinski definition) is 0. The van der Waals surface area contributed by atoms with E-state index < -0.39 is 0 Å². The van der Waals surface area contributed by atoms with Gasteiger partial charge in [-0.2, -0.15) is 0 Å². The molecule has 18 heavy (non-hydrogen) atoms. The van der Waals surface area contributed by atoms with Gasteiger partial charge in [-0.25, -0.2) is 0 Å². The number of benzene rings is 2. The van der Waals surface area contributed by atoms with Crippen LogP contribution in [0.25, 0.3) is 16.8 Å². The summed E-state index contributed by atoms with van der Waals surface area (Å²) in [4.78, 5) is 23.5. The van der Waals surface area contributed by atoms with Crippen molar-refractivity contribution in [2.24, 2.45) is 0 Å². The molecule has 2 aromatic carbocycles. The first-order valence-corrected chi connectivity index (χ1v) is 5.93. The van der Waals surface area contributed by atoms with Crippen LogP contribution in [0.2, 0.25) is 0 Å². The third-order valence-corrected chi connectivity index (χ3v) is 3.39. The average Bonchev–Trinajstić information content (AvgIpc) is 2.38. The Balaban J connectivity index is 2.36. The number of Topliss-reactive ketones (excluding diaryl/α,β-unsaturated/α-hetero) is 2. The number of allylic oxidation sites excluding steroid dienone is 1. The van der Waals surface area contributed by atoms with E-state index in [1.165, 1.54) is 6.92 Å². The van der Waals surface area contributed by atoms with E-state index in [0.29, 0.717) is 5.57 Å². The highest BCUT2D eigenvalue weighted by atomic mass is 16.1. The van der Waals surface area contributed by atoms with Gasteiger partial charge in [0, 0.05) is 17.6 Å². The van der Waals surface area contributed by atoms with Crippen LogP contribution in [-0.4, -0.2) is 11.6 Å². The SMILES string of the molecule is CC(=O)C1=Cc2c(ccc3ccccc23)C(=O)C1. The topological polar surface area (TPSA) is 34.1 Å². The zero-order valence-electron chi connectivity index (χ0n) is 10.1.